The van der Waals surface area contributed by atoms with Gasteiger partial charge < -0.3 is 10.1 Å². The van der Waals surface area contributed by atoms with Crippen LogP contribution in [0.1, 0.15) is 17.5 Å². The number of halogens is 4. The Balaban J connectivity index is 1.59. The summed E-state index contributed by atoms with van der Waals surface area (Å²) in [5.41, 5.74) is -0.124. The van der Waals surface area contributed by atoms with Gasteiger partial charge in [0.2, 0.25) is 5.91 Å². The van der Waals surface area contributed by atoms with Crippen molar-refractivity contribution in [2.45, 2.75) is 19.0 Å². The van der Waals surface area contributed by atoms with Crippen molar-refractivity contribution in [1.82, 2.24) is 9.97 Å². The first kappa shape index (κ1) is 20.6. The average molecular weight is 422 g/mol. The Labute approximate surface area is 169 Å². The molecule has 0 fully saturated rings. The molecule has 150 valence electrons. The second-order valence-electron chi connectivity index (χ2n) is 6.06. The lowest BCUT2D eigenvalue weighted by Gasteiger charge is -2.12. The van der Waals surface area contributed by atoms with Gasteiger partial charge >= 0.3 is 6.18 Å². The number of benzene rings is 2. The number of carbonyl (C=O) groups is 1. The molecule has 0 saturated carbocycles. The third kappa shape index (κ3) is 5.92. The second-order valence-corrected chi connectivity index (χ2v) is 6.47. The minimum absolute atomic E-state index is 0.0351. The van der Waals surface area contributed by atoms with Gasteiger partial charge in [-0.05, 0) is 42.3 Å². The van der Waals surface area contributed by atoms with E-state index in [-0.39, 0.29) is 12.1 Å². The summed E-state index contributed by atoms with van der Waals surface area (Å²) in [6, 6.07) is 10.4. The Morgan fingerprint density at radius 2 is 1.83 bits per heavy atom. The molecule has 0 aliphatic rings. The van der Waals surface area contributed by atoms with E-state index < -0.39 is 22.7 Å². The van der Waals surface area contributed by atoms with Gasteiger partial charge in [-0.1, -0.05) is 23.7 Å². The first-order chi connectivity index (χ1) is 13.8. The van der Waals surface area contributed by atoms with Gasteiger partial charge in [0.05, 0.1) is 23.0 Å². The summed E-state index contributed by atoms with van der Waals surface area (Å²) in [7, 11) is 0. The maximum absolute atomic E-state index is 12.9. The van der Waals surface area contributed by atoms with Gasteiger partial charge in [-0.15, -0.1) is 0 Å². The molecule has 29 heavy (non-hydrogen) atoms. The van der Waals surface area contributed by atoms with E-state index in [0.717, 1.165) is 17.7 Å². The molecule has 0 saturated heterocycles. The first-order valence-corrected chi connectivity index (χ1v) is 8.87. The van der Waals surface area contributed by atoms with Gasteiger partial charge in [0, 0.05) is 12.1 Å². The molecular weight excluding hydrogens is 407 g/mol. The van der Waals surface area contributed by atoms with Gasteiger partial charge in [0.15, 0.2) is 5.75 Å². The molecule has 0 aliphatic carbocycles. The number of hydrogen-bond donors (Lipinski definition) is 1. The van der Waals surface area contributed by atoms with Gasteiger partial charge in [-0.3, -0.25) is 4.79 Å². The molecule has 0 unspecified atom stereocenters. The van der Waals surface area contributed by atoms with Crippen molar-refractivity contribution in [1.29, 1.82) is 0 Å². The number of nitrogens with one attached hydrogen (secondary N) is 1. The minimum Gasteiger partial charge on any atom is -0.454 e. The molecule has 2 aromatic carbocycles. The van der Waals surface area contributed by atoms with Crippen molar-refractivity contribution < 1.29 is 22.7 Å². The summed E-state index contributed by atoms with van der Waals surface area (Å²) in [4.78, 5) is 19.9. The zero-order valence-electron chi connectivity index (χ0n) is 14.9. The van der Waals surface area contributed by atoms with E-state index in [9.17, 15) is 18.0 Å². The van der Waals surface area contributed by atoms with Crippen LogP contribution in [0.3, 0.4) is 0 Å². The lowest BCUT2D eigenvalue weighted by Crippen LogP contribution is -2.14. The van der Waals surface area contributed by atoms with Crippen molar-refractivity contribution in [2.75, 3.05) is 5.32 Å². The maximum atomic E-state index is 12.9. The Bertz CT molecular complexity index is 998. The van der Waals surface area contributed by atoms with E-state index >= 15 is 0 Å². The molecule has 0 radical (unpaired) electrons. The predicted molar refractivity (Wildman–Crippen MR) is 102 cm³/mol. The number of rotatable bonds is 6. The van der Waals surface area contributed by atoms with Crippen LogP contribution in [0.5, 0.6) is 11.5 Å². The van der Waals surface area contributed by atoms with Crippen LogP contribution < -0.4 is 10.1 Å². The van der Waals surface area contributed by atoms with Gasteiger partial charge in [0.1, 0.15) is 12.1 Å². The number of aromatic nitrogens is 2. The average Bonchev–Trinajstić information content (AvgIpc) is 2.68. The largest absolute Gasteiger partial charge is 0.454 e. The van der Waals surface area contributed by atoms with E-state index in [4.69, 9.17) is 16.3 Å². The first-order valence-electron chi connectivity index (χ1n) is 8.49. The number of ether oxygens (including phenoxy) is 1. The summed E-state index contributed by atoms with van der Waals surface area (Å²) in [6.07, 6.45) is 0.307. The number of alkyl halides is 3. The van der Waals surface area contributed by atoms with E-state index in [1.807, 2.05) is 6.07 Å². The topological polar surface area (TPSA) is 64.1 Å². The van der Waals surface area contributed by atoms with Crippen molar-refractivity contribution in [3.8, 4) is 11.5 Å². The van der Waals surface area contributed by atoms with Crippen LogP contribution in [-0.2, 0) is 17.4 Å². The monoisotopic (exact) mass is 421 g/mol. The van der Waals surface area contributed by atoms with Gasteiger partial charge in [-0.25, -0.2) is 9.97 Å². The zero-order chi connectivity index (χ0) is 20.9. The lowest BCUT2D eigenvalue weighted by molar-refractivity contribution is -0.137. The van der Waals surface area contributed by atoms with Gasteiger partial charge in [0.25, 0.3) is 0 Å². The minimum atomic E-state index is -4.60. The van der Waals surface area contributed by atoms with Crippen molar-refractivity contribution in [3.05, 3.63) is 77.3 Å². The third-order valence-electron chi connectivity index (χ3n) is 3.87. The number of amides is 1. The predicted octanol–water partition coefficient (Wildman–Crippen LogP) is 5.51. The summed E-state index contributed by atoms with van der Waals surface area (Å²) in [5, 5.41) is 2.04. The van der Waals surface area contributed by atoms with Crippen molar-refractivity contribution in [3.63, 3.8) is 0 Å². The zero-order valence-corrected chi connectivity index (χ0v) is 15.7. The summed E-state index contributed by atoms with van der Waals surface area (Å²) >= 11 is 5.58. The molecule has 0 spiro atoms. The van der Waals surface area contributed by atoms with E-state index in [2.05, 4.69) is 15.3 Å². The Morgan fingerprint density at radius 3 is 2.55 bits per heavy atom. The quantitative estimate of drug-likeness (QED) is 0.569. The molecule has 0 aliphatic heterocycles. The van der Waals surface area contributed by atoms with Crippen LogP contribution >= 0.6 is 11.6 Å². The van der Waals surface area contributed by atoms with Gasteiger partial charge in [-0.2, -0.15) is 13.2 Å². The molecule has 3 aromatic rings. The second kappa shape index (κ2) is 8.91. The highest BCUT2D eigenvalue weighted by molar-refractivity contribution is 6.31. The highest BCUT2D eigenvalue weighted by atomic mass is 35.5. The number of carbonyl (C=O) groups excluding carboxylic acids is 1. The Kier molecular flexibility index (Phi) is 6.33. The van der Waals surface area contributed by atoms with Crippen LogP contribution in [0, 0.1) is 0 Å². The van der Waals surface area contributed by atoms with E-state index in [0.29, 0.717) is 17.9 Å². The molecule has 0 atom stereocenters. The fraction of sp³-hybridized carbons (Fsp3) is 0.150. The molecule has 1 aromatic heterocycles. The molecule has 1 N–H and O–H groups in total. The number of aryl methyl sites for hydroxylation is 1. The van der Waals surface area contributed by atoms with Crippen molar-refractivity contribution >= 4 is 23.2 Å². The number of anilines is 1. The molecule has 5 nitrogen and oxygen atoms in total. The third-order valence-corrected chi connectivity index (χ3v) is 4.20. The Hall–Kier alpha value is -3.13. The van der Waals surface area contributed by atoms with E-state index in [1.165, 1.54) is 24.8 Å². The standard InChI is InChI=1S/C20H15ClF3N3O2/c21-18-6-5-14(9-17(18)20(22,23)24)27-19(28)7-4-13-2-1-3-15(8-13)29-16-10-25-12-26-11-16/h1-3,5-6,8-12H,4,7H2,(H,27,28). The van der Waals surface area contributed by atoms with Crippen LogP contribution in [0.4, 0.5) is 18.9 Å². The fourth-order valence-electron chi connectivity index (χ4n) is 2.54. The molecule has 9 heteroatoms. The molecule has 0 bridgehead atoms. The summed E-state index contributed by atoms with van der Waals surface area (Å²) in [6.45, 7) is 0. The Morgan fingerprint density at radius 1 is 1.07 bits per heavy atom. The van der Waals surface area contributed by atoms with Crippen LogP contribution in [0.2, 0.25) is 5.02 Å². The fourth-order valence-corrected chi connectivity index (χ4v) is 2.77. The summed E-state index contributed by atoms with van der Waals surface area (Å²) in [5.74, 6) is 0.624. The van der Waals surface area contributed by atoms with Crippen LogP contribution in [0.15, 0.2) is 61.2 Å². The van der Waals surface area contributed by atoms with E-state index in [1.54, 1.807) is 18.2 Å². The smallest absolute Gasteiger partial charge is 0.417 e. The number of nitrogens with zero attached hydrogens (tertiary/aromatic N) is 2. The molecule has 3 rings (SSSR count). The highest BCUT2D eigenvalue weighted by Crippen LogP contribution is 2.36. The summed E-state index contributed by atoms with van der Waals surface area (Å²) < 4.78 is 44.4. The van der Waals surface area contributed by atoms with Crippen molar-refractivity contribution in [2.24, 2.45) is 0 Å². The molecule has 1 heterocycles. The molecule has 1 amide bonds. The number of hydrogen-bond acceptors (Lipinski definition) is 4. The highest BCUT2D eigenvalue weighted by Gasteiger charge is 2.33. The normalized spacial score (nSPS) is 11.2. The van der Waals surface area contributed by atoms with Crippen LogP contribution in [0.25, 0.3) is 0 Å². The SMILES string of the molecule is O=C(CCc1cccc(Oc2cncnc2)c1)Nc1ccc(Cl)c(C(F)(F)F)c1. The molecular formula is C20H15ClF3N3O2. The maximum Gasteiger partial charge on any atom is 0.417 e. The lowest BCUT2D eigenvalue weighted by atomic mass is 10.1. The van der Waals surface area contributed by atoms with Crippen LogP contribution in [-0.4, -0.2) is 15.9 Å².